The van der Waals surface area contributed by atoms with E-state index in [9.17, 15) is 13.6 Å². The van der Waals surface area contributed by atoms with Crippen LogP contribution in [0, 0.1) is 0 Å². The second-order valence-corrected chi connectivity index (χ2v) is 6.41. The molecule has 1 aliphatic heterocycles. The molecule has 2 amide bonds. The largest absolute Gasteiger partial charge is 0.339 e. The fourth-order valence-corrected chi connectivity index (χ4v) is 2.92. The van der Waals surface area contributed by atoms with Gasteiger partial charge in [-0.3, -0.25) is 0 Å². The molecule has 1 aromatic heterocycles. The molecule has 2 fully saturated rings. The Morgan fingerprint density at radius 1 is 1.45 bits per heavy atom. The van der Waals surface area contributed by atoms with Crippen molar-refractivity contribution < 1.29 is 18.1 Å². The lowest BCUT2D eigenvalue weighted by Crippen LogP contribution is -2.53. The third-order valence-electron chi connectivity index (χ3n) is 4.18. The van der Waals surface area contributed by atoms with E-state index in [1.807, 2.05) is 13.8 Å². The zero-order valence-corrected chi connectivity index (χ0v) is 12.7. The van der Waals surface area contributed by atoms with Gasteiger partial charge in [0.05, 0.1) is 6.04 Å². The van der Waals surface area contributed by atoms with E-state index in [2.05, 4.69) is 15.5 Å². The Balaban J connectivity index is 1.63. The van der Waals surface area contributed by atoms with Gasteiger partial charge < -0.3 is 14.7 Å². The number of hydrogen-bond acceptors (Lipinski definition) is 4. The number of halogens is 2. The maximum absolute atomic E-state index is 12.8. The number of nitrogens with one attached hydrogen (secondary N) is 1. The van der Waals surface area contributed by atoms with Crippen molar-refractivity contribution in [2.24, 2.45) is 0 Å². The molecule has 6 nitrogen and oxygen atoms in total. The smallest absolute Gasteiger partial charge is 0.318 e. The molecule has 2 heterocycles. The van der Waals surface area contributed by atoms with Gasteiger partial charge in [-0.1, -0.05) is 19.0 Å². The molecule has 1 saturated carbocycles. The van der Waals surface area contributed by atoms with Crippen molar-refractivity contribution in [3.63, 3.8) is 0 Å². The third kappa shape index (κ3) is 2.91. The van der Waals surface area contributed by atoms with Gasteiger partial charge in [-0.05, 0) is 12.8 Å². The summed E-state index contributed by atoms with van der Waals surface area (Å²) < 4.78 is 30.9. The van der Waals surface area contributed by atoms with E-state index in [0.29, 0.717) is 18.3 Å². The molecule has 1 atom stereocenters. The van der Waals surface area contributed by atoms with Crippen molar-refractivity contribution in [2.45, 2.75) is 63.5 Å². The van der Waals surface area contributed by atoms with Crippen LogP contribution < -0.4 is 5.32 Å². The van der Waals surface area contributed by atoms with E-state index in [1.165, 1.54) is 0 Å². The minimum Gasteiger partial charge on any atom is -0.339 e. The number of alkyl halides is 2. The predicted molar refractivity (Wildman–Crippen MR) is 73.6 cm³/mol. The number of aromatic nitrogens is 2. The maximum Gasteiger partial charge on any atom is 0.318 e. The summed E-state index contributed by atoms with van der Waals surface area (Å²) in [6, 6.07) is -1.00. The van der Waals surface area contributed by atoms with Crippen LogP contribution in [0.15, 0.2) is 4.52 Å². The average molecular weight is 314 g/mol. The number of hydrogen-bond donors (Lipinski definition) is 1. The summed E-state index contributed by atoms with van der Waals surface area (Å²) in [5.74, 6) is -1.47. The molecular formula is C14H20F2N4O2. The summed E-state index contributed by atoms with van der Waals surface area (Å²) >= 11 is 0. The zero-order valence-electron chi connectivity index (χ0n) is 12.7. The fraction of sp³-hybridized carbons (Fsp3) is 0.786. The number of carbonyl (C=O) groups is 1. The molecule has 1 saturated heterocycles. The molecule has 1 N–H and O–H groups in total. The molecule has 0 radical (unpaired) electrons. The molecular weight excluding hydrogens is 294 g/mol. The van der Waals surface area contributed by atoms with Crippen LogP contribution in [0.3, 0.4) is 0 Å². The van der Waals surface area contributed by atoms with Crippen LogP contribution in [0.25, 0.3) is 0 Å². The van der Waals surface area contributed by atoms with Crippen LogP contribution in [-0.2, 0) is 0 Å². The zero-order chi connectivity index (χ0) is 15.9. The van der Waals surface area contributed by atoms with Crippen LogP contribution in [0.2, 0.25) is 0 Å². The first-order valence-corrected chi connectivity index (χ1v) is 7.64. The van der Waals surface area contributed by atoms with E-state index < -0.39 is 12.0 Å². The number of nitrogens with zero attached hydrogens (tertiary/aromatic N) is 3. The maximum atomic E-state index is 12.8. The molecule has 1 aliphatic carbocycles. The molecule has 8 heteroatoms. The normalized spacial score (nSPS) is 24.6. The van der Waals surface area contributed by atoms with Crippen LogP contribution in [0.5, 0.6) is 0 Å². The summed E-state index contributed by atoms with van der Waals surface area (Å²) in [6.45, 7) is 4.48. The molecule has 22 heavy (non-hydrogen) atoms. The van der Waals surface area contributed by atoms with Gasteiger partial charge in [0.1, 0.15) is 0 Å². The van der Waals surface area contributed by atoms with Crippen molar-refractivity contribution in [1.29, 1.82) is 0 Å². The highest BCUT2D eigenvalue weighted by Gasteiger charge is 2.47. The highest BCUT2D eigenvalue weighted by Crippen LogP contribution is 2.38. The lowest BCUT2D eigenvalue weighted by Gasteiger charge is -2.36. The van der Waals surface area contributed by atoms with Crippen molar-refractivity contribution in [3.8, 4) is 0 Å². The minimum absolute atomic E-state index is 0.127. The number of rotatable bonds is 3. The summed E-state index contributed by atoms with van der Waals surface area (Å²) in [7, 11) is 0. The Morgan fingerprint density at radius 3 is 2.77 bits per heavy atom. The van der Waals surface area contributed by atoms with Crippen molar-refractivity contribution in [1.82, 2.24) is 20.4 Å². The predicted octanol–water partition coefficient (Wildman–Crippen LogP) is 2.84. The number of carbonyl (C=O) groups excluding carboxylic acids is 1. The van der Waals surface area contributed by atoms with E-state index in [-0.39, 0.29) is 30.8 Å². The van der Waals surface area contributed by atoms with Crippen molar-refractivity contribution >= 4 is 6.03 Å². The van der Waals surface area contributed by atoms with Crippen LogP contribution >= 0.6 is 0 Å². The van der Waals surface area contributed by atoms with E-state index in [0.717, 1.165) is 12.8 Å². The molecule has 0 aromatic carbocycles. The molecule has 0 bridgehead atoms. The molecule has 1 aromatic rings. The Bertz CT molecular complexity index is 553. The van der Waals surface area contributed by atoms with E-state index in [4.69, 9.17) is 4.52 Å². The quantitative estimate of drug-likeness (QED) is 0.931. The number of amides is 2. The topological polar surface area (TPSA) is 71.3 Å². The minimum atomic E-state index is -2.64. The summed E-state index contributed by atoms with van der Waals surface area (Å²) in [5.41, 5.74) is 0. The number of urea groups is 1. The Hall–Kier alpha value is -1.73. The second kappa shape index (κ2) is 5.48. The standard InChI is InChI=1S/C14H20F2N4O2/c1-8(2)12-18-11(19-22-12)10-4-3-5-20(10)13(21)17-9-6-14(15,16)7-9/h8-10H,3-7H2,1-2H3,(H,17,21). The Labute approximate surface area is 127 Å². The van der Waals surface area contributed by atoms with Gasteiger partial charge in [0.25, 0.3) is 5.92 Å². The molecule has 2 aliphatic rings. The van der Waals surface area contributed by atoms with Gasteiger partial charge in [-0.25, -0.2) is 13.6 Å². The van der Waals surface area contributed by atoms with Crippen molar-refractivity contribution in [3.05, 3.63) is 11.7 Å². The fourth-order valence-electron chi connectivity index (χ4n) is 2.92. The number of likely N-dealkylation sites (tertiary alicyclic amines) is 1. The lowest BCUT2D eigenvalue weighted by atomic mass is 9.88. The van der Waals surface area contributed by atoms with Gasteiger partial charge in [-0.15, -0.1) is 0 Å². The highest BCUT2D eigenvalue weighted by atomic mass is 19.3. The van der Waals surface area contributed by atoms with Gasteiger partial charge in [-0.2, -0.15) is 4.98 Å². The van der Waals surface area contributed by atoms with Gasteiger partial charge in [0.15, 0.2) is 5.82 Å². The first kappa shape index (κ1) is 15.2. The second-order valence-electron chi connectivity index (χ2n) is 6.41. The molecule has 0 spiro atoms. The molecule has 122 valence electrons. The highest BCUT2D eigenvalue weighted by molar-refractivity contribution is 5.75. The monoisotopic (exact) mass is 314 g/mol. The van der Waals surface area contributed by atoms with Crippen molar-refractivity contribution in [2.75, 3.05) is 6.54 Å². The van der Waals surface area contributed by atoms with Gasteiger partial charge >= 0.3 is 6.03 Å². The summed E-state index contributed by atoms with van der Waals surface area (Å²) in [5, 5.41) is 6.62. The molecule has 1 unspecified atom stereocenters. The SMILES string of the molecule is CC(C)c1nc(C2CCCN2C(=O)NC2CC(F)(F)C2)no1. The Kier molecular flexibility index (Phi) is 3.78. The van der Waals surface area contributed by atoms with Crippen LogP contribution in [-0.4, -0.2) is 39.6 Å². The van der Waals surface area contributed by atoms with E-state index >= 15 is 0 Å². The molecule has 3 rings (SSSR count). The Morgan fingerprint density at radius 2 is 2.18 bits per heavy atom. The van der Waals surface area contributed by atoms with Crippen LogP contribution in [0.4, 0.5) is 13.6 Å². The summed E-state index contributed by atoms with van der Waals surface area (Å²) in [4.78, 5) is 18.2. The third-order valence-corrected chi connectivity index (χ3v) is 4.18. The average Bonchev–Trinajstić information content (AvgIpc) is 3.05. The first-order valence-electron chi connectivity index (χ1n) is 7.64. The van der Waals surface area contributed by atoms with Gasteiger partial charge in [0.2, 0.25) is 5.89 Å². The van der Waals surface area contributed by atoms with Gasteiger partial charge in [0, 0.05) is 31.3 Å². The van der Waals surface area contributed by atoms with Crippen LogP contribution in [0.1, 0.15) is 63.2 Å². The summed E-state index contributed by atoms with van der Waals surface area (Å²) in [6.07, 6.45) is 1.03. The van der Waals surface area contributed by atoms with E-state index in [1.54, 1.807) is 4.90 Å². The lowest BCUT2D eigenvalue weighted by molar-refractivity contribution is -0.0903. The first-order chi connectivity index (χ1) is 10.4.